The van der Waals surface area contributed by atoms with E-state index in [1.807, 2.05) is 42.5 Å². The van der Waals surface area contributed by atoms with Crippen molar-refractivity contribution in [2.24, 2.45) is 5.92 Å². The van der Waals surface area contributed by atoms with Crippen molar-refractivity contribution in [2.45, 2.75) is 67.2 Å². The number of hydrogen-bond donors (Lipinski definition) is 0. The number of ether oxygens (including phenoxy) is 3. The monoisotopic (exact) mass is 636 g/mol. The maximum atomic E-state index is 13.1. The molecule has 3 aliphatic rings. The molecular weight excluding hydrogens is 604 g/mol. The largest absolute Gasteiger partial charge is 0.462 e. The first-order valence-electron chi connectivity index (χ1n) is 14.2. The van der Waals surface area contributed by atoms with Gasteiger partial charge >= 0.3 is 5.97 Å². The lowest BCUT2D eigenvalue weighted by Gasteiger charge is -2.23. The molecule has 3 fully saturated rings. The highest BCUT2D eigenvalue weighted by Gasteiger charge is 2.52. The number of sulfone groups is 1. The zero-order valence-corrected chi connectivity index (χ0v) is 25.3. The third-order valence-electron chi connectivity index (χ3n) is 8.09. The quantitative estimate of drug-likeness (QED) is 0.190. The number of benzene rings is 3. The zero-order chi connectivity index (χ0) is 28.6. The summed E-state index contributed by atoms with van der Waals surface area (Å²) in [7, 11) is -3.38. The second-order valence-corrected chi connectivity index (χ2v) is 14.1. The average Bonchev–Trinajstić information content (AvgIpc) is 3.69. The van der Waals surface area contributed by atoms with E-state index in [2.05, 4.69) is 40.2 Å². The van der Waals surface area contributed by atoms with Crippen LogP contribution in [0.5, 0.6) is 0 Å². The van der Waals surface area contributed by atoms with Crippen LogP contribution in [-0.4, -0.2) is 32.0 Å². The molecule has 0 unspecified atom stereocenters. The van der Waals surface area contributed by atoms with Crippen LogP contribution in [0.2, 0.25) is 0 Å². The Labute approximate surface area is 249 Å². The number of carbonyl (C=O) groups is 1. The molecule has 2 aliphatic carbocycles. The van der Waals surface area contributed by atoms with Gasteiger partial charge in [0.25, 0.3) is 0 Å². The minimum Gasteiger partial charge on any atom is -0.462 e. The SMILES string of the molecule is CCOC(=O)C(=C[C@H]1CCC2(C1)O[C@H](c1ccccc1)[C@@H](c1ccccc1)O2)c1ccc(S(=O)(=O)C2CC2)c(Br)c1. The summed E-state index contributed by atoms with van der Waals surface area (Å²) in [6.07, 6.45) is 4.90. The van der Waals surface area contributed by atoms with Crippen molar-refractivity contribution in [3.63, 3.8) is 0 Å². The first-order chi connectivity index (χ1) is 19.8. The van der Waals surface area contributed by atoms with Gasteiger partial charge in [0.1, 0.15) is 12.2 Å². The molecule has 0 radical (unpaired) electrons. The Hall–Kier alpha value is -2.78. The molecule has 0 bridgehead atoms. The third-order valence-corrected chi connectivity index (χ3v) is 11.3. The van der Waals surface area contributed by atoms with Gasteiger partial charge in [-0.15, -0.1) is 0 Å². The summed E-state index contributed by atoms with van der Waals surface area (Å²) in [5, 5.41) is -0.315. The number of rotatable bonds is 8. The Bertz CT molecular complexity index is 1500. The summed E-state index contributed by atoms with van der Waals surface area (Å²) in [5.74, 6) is -1.20. The summed E-state index contributed by atoms with van der Waals surface area (Å²) >= 11 is 3.46. The van der Waals surface area contributed by atoms with Crippen molar-refractivity contribution in [1.29, 1.82) is 0 Å². The maximum absolute atomic E-state index is 13.1. The third kappa shape index (κ3) is 5.80. The van der Waals surface area contributed by atoms with Gasteiger partial charge in [-0.3, -0.25) is 0 Å². The van der Waals surface area contributed by atoms with E-state index < -0.39 is 21.6 Å². The Balaban J connectivity index is 1.29. The lowest BCUT2D eigenvalue weighted by molar-refractivity contribution is -0.172. The van der Waals surface area contributed by atoms with Gasteiger partial charge < -0.3 is 14.2 Å². The van der Waals surface area contributed by atoms with Crippen molar-refractivity contribution in [3.8, 4) is 0 Å². The average molecular weight is 638 g/mol. The van der Waals surface area contributed by atoms with Gasteiger partial charge in [0.05, 0.1) is 22.3 Å². The van der Waals surface area contributed by atoms with Crippen LogP contribution in [-0.2, 0) is 28.8 Å². The van der Waals surface area contributed by atoms with Crippen molar-refractivity contribution in [1.82, 2.24) is 0 Å². The molecule has 1 aliphatic heterocycles. The molecule has 6 nitrogen and oxygen atoms in total. The first kappa shape index (κ1) is 28.3. The van der Waals surface area contributed by atoms with Crippen LogP contribution in [0.1, 0.15) is 67.9 Å². The Morgan fingerprint density at radius 2 is 1.56 bits per heavy atom. The number of allylic oxidation sites excluding steroid dienone is 1. The van der Waals surface area contributed by atoms with Gasteiger partial charge in [0.2, 0.25) is 0 Å². The molecule has 1 saturated heterocycles. The Morgan fingerprint density at radius 1 is 0.951 bits per heavy atom. The molecular formula is C33H33BrO6S. The fourth-order valence-electron chi connectivity index (χ4n) is 5.93. The second-order valence-electron chi connectivity index (χ2n) is 11.0. The van der Waals surface area contributed by atoms with E-state index in [9.17, 15) is 13.2 Å². The number of hydrogen-bond acceptors (Lipinski definition) is 6. The van der Waals surface area contributed by atoms with Crippen LogP contribution >= 0.6 is 15.9 Å². The van der Waals surface area contributed by atoms with Gasteiger partial charge in [-0.25, -0.2) is 13.2 Å². The molecule has 3 aromatic rings. The van der Waals surface area contributed by atoms with Gasteiger partial charge in [-0.2, -0.15) is 0 Å². The molecule has 214 valence electrons. The normalized spacial score (nSPS) is 24.0. The van der Waals surface area contributed by atoms with E-state index in [0.29, 0.717) is 41.3 Å². The summed E-state index contributed by atoms with van der Waals surface area (Å²) in [6.45, 7) is 2.01. The zero-order valence-electron chi connectivity index (χ0n) is 22.9. The summed E-state index contributed by atoms with van der Waals surface area (Å²) < 4.78 is 45.1. The van der Waals surface area contributed by atoms with Crippen LogP contribution in [0.15, 0.2) is 94.3 Å². The summed E-state index contributed by atoms with van der Waals surface area (Å²) in [5.41, 5.74) is 3.16. The minimum atomic E-state index is -3.38. The van der Waals surface area contributed by atoms with Crippen molar-refractivity contribution in [3.05, 3.63) is 106 Å². The Morgan fingerprint density at radius 3 is 2.10 bits per heavy atom. The van der Waals surface area contributed by atoms with E-state index in [-0.39, 0.29) is 34.9 Å². The van der Waals surface area contributed by atoms with Crippen molar-refractivity contribution < 1.29 is 27.4 Å². The molecule has 0 amide bonds. The van der Waals surface area contributed by atoms with Crippen molar-refractivity contribution in [2.75, 3.05) is 6.61 Å². The molecule has 1 heterocycles. The highest BCUT2D eigenvalue weighted by Crippen LogP contribution is 2.54. The Kier molecular flexibility index (Phi) is 7.94. The molecule has 41 heavy (non-hydrogen) atoms. The van der Waals surface area contributed by atoms with Crippen molar-refractivity contribution >= 4 is 37.3 Å². The van der Waals surface area contributed by atoms with Crippen LogP contribution < -0.4 is 0 Å². The van der Waals surface area contributed by atoms with Gasteiger partial charge in [0.15, 0.2) is 15.6 Å². The first-order valence-corrected chi connectivity index (χ1v) is 16.5. The molecule has 8 heteroatoms. The van der Waals surface area contributed by atoms with E-state index >= 15 is 0 Å². The fraction of sp³-hybridized carbons (Fsp3) is 0.364. The molecule has 1 spiro atoms. The molecule has 3 atom stereocenters. The topological polar surface area (TPSA) is 78.9 Å². The lowest BCUT2D eigenvalue weighted by Crippen LogP contribution is -2.26. The predicted octanol–water partition coefficient (Wildman–Crippen LogP) is 7.36. The van der Waals surface area contributed by atoms with E-state index in [1.54, 1.807) is 25.1 Å². The van der Waals surface area contributed by atoms with Crippen LogP contribution in [0, 0.1) is 5.92 Å². The maximum Gasteiger partial charge on any atom is 0.338 e. The molecule has 6 rings (SSSR count). The summed E-state index contributed by atoms with van der Waals surface area (Å²) in [4.78, 5) is 13.4. The number of esters is 1. The molecule has 0 N–H and O–H groups in total. The fourth-order valence-corrected chi connectivity index (χ4v) is 8.69. The molecule has 3 aromatic carbocycles. The van der Waals surface area contributed by atoms with E-state index in [1.165, 1.54) is 0 Å². The molecule has 2 saturated carbocycles. The standard InChI is InChI=1S/C33H33BrO6S/c1-2-38-32(35)27(25-13-16-29(28(34)20-25)41(36,37)26-14-15-26)19-22-17-18-33(21-22)39-30(23-9-5-3-6-10-23)31(40-33)24-11-7-4-8-12-24/h3-13,16,19-20,22,26,30-31H,2,14-15,17-18,21H2,1H3/t22-,30-,31-/m1/s1. The van der Waals surface area contributed by atoms with Gasteiger partial charge in [-0.05, 0) is 76.9 Å². The smallest absolute Gasteiger partial charge is 0.338 e. The number of halogens is 1. The summed E-state index contributed by atoms with van der Waals surface area (Å²) in [6, 6.07) is 25.3. The van der Waals surface area contributed by atoms with Crippen LogP contribution in [0.25, 0.3) is 5.57 Å². The van der Waals surface area contributed by atoms with Crippen LogP contribution in [0.3, 0.4) is 0 Å². The lowest BCUT2D eigenvalue weighted by atomic mass is 9.98. The predicted molar refractivity (Wildman–Crippen MR) is 160 cm³/mol. The highest BCUT2D eigenvalue weighted by atomic mass is 79.9. The van der Waals surface area contributed by atoms with Gasteiger partial charge in [-0.1, -0.05) is 72.8 Å². The van der Waals surface area contributed by atoms with Gasteiger partial charge in [0, 0.05) is 17.3 Å². The second kappa shape index (κ2) is 11.5. The van der Waals surface area contributed by atoms with E-state index in [4.69, 9.17) is 14.2 Å². The highest BCUT2D eigenvalue weighted by molar-refractivity contribution is 9.10. The number of carbonyl (C=O) groups excluding carboxylic acids is 1. The molecule has 0 aromatic heterocycles. The minimum absolute atomic E-state index is 0.00833. The van der Waals surface area contributed by atoms with E-state index in [0.717, 1.165) is 17.5 Å². The van der Waals surface area contributed by atoms with Crippen LogP contribution in [0.4, 0.5) is 0 Å².